The Bertz CT molecular complexity index is 270. The predicted octanol–water partition coefficient (Wildman–Crippen LogP) is 1.77. The largest absolute Gasteiger partial charge is 0.391 e. The Morgan fingerprint density at radius 3 is 2.12 bits per heavy atom. The van der Waals surface area contributed by atoms with Crippen molar-refractivity contribution in [3.63, 3.8) is 0 Å². The van der Waals surface area contributed by atoms with E-state index in [1.54, 1.807) is 0 Å². The van der Waals surface area contributed by atoms with Crippen molar-refractivity contribution in [2.75, 3.05) is 13.1 Å². The highest BCUT2D eigenvalue weighted by Crippen LogP contribution is 2.34. The number of nitrogens with two attached hydrogens (primary N) is 1. The number of halogens is 3. The van der Waals surface area contributed by atoms with E-state index >= 15 is 0 Å². The topological polar surface area (TPSA) is 46.3 Å². The molecule has 0 aromatic rings. The quantitative estimate of drug-likeness (QED) is 0.814. The summed E-state index contributed by atoms with van der Waals surface area (Å²) in [6.45, 7) is 3.96. The molecule has 0 aromatic heterocycles. The van der Waals surface area contributed by atoms with Crippen LogP contribution in [0.25, 0.3) is 0 Å². The van der Waals surface area contributed by atoms with Crippen molar-refractivity contribution in [1.82, 2.24) is 4.90 Å². The summed E-state index contributed by atoms with van der Waals surface area (Å²) >= 11 is 0. The standard InChI is InChI=1S/C11H19F3N2O/c1-7(2)9(15)10(17)16-5-3-8(4-6-16)11(12,13)14/h7-9H,3-6,15H2,1-2H3/t9-/m0/s1. The average Bonchev–Trinajstić information content (AvgIpc) is 2.26. The van der Waals surface area contributed by atoms with E-state index in [-0.39, 0.29) is 37.8 Å². The van der Waals surface area contributed by atoms with Gasteiger partial charge in [-0.15, -0.1) is 0 Å². The van der Waals surface area contributed by atoms with E-state index in [1.807, 2.05) is 13.8 Å². The first-order valence-corrected chi connectivity index (χ1v) is 5.84. The van der Waals surface area contributed by atoms with Crippen molar-refractivity contribution in [2.45, 2.75) is 38.9 Å². The summed E-state index contributed by atoms with van der Waals surface area (Å²) in [6.07, 6.45) is -4.17. The molecule has 0 spiro atoms. The Hall–Kier alpha value is -0.780. The van der Waals surface area contributed by atoms with Crippen LogP contribution in [0.1, 0.15) is 26.7 Å². The van der Waals surface area contributed by atoms with Crippen LogP contribution in [0, 0.1) is 11.8 Å². The average molecular weight is 252 g/mol. The third-order valence-electron chi connectivity index (χ3n) is 3.27. The first-order chi connectivity index (χ1) is 7.73. The summed E-state index contributed by atoms with van der Waals surface area (Å²) in [6, 6.07) is -0.613. The molecule has 0 aliphatic carbocycles. The van der Waals surface area contributed by atoms with E-state index < -0.39 is 18.1 Å². The number of hydrogen-bond acceptors (Lipinski definition) is 2. The Kier molecular flexibility index (Phi) is 4.41. The molecule has 0 saturated carbocycles. The third kappa shape index (κ3) is 3.59. The maximum absolute atomic E-state index is 12.4. The SMILES string of the molecule is CC(C)[C@H](N)C(=O)N1CCC(C(F)(F)F)CC1. The summed E-state index contributed by atoms with van der Waals surface area (Å²) < 4.78 is 37.3. The van der Waals surface area contributed by atoms with Gasteiger partial charge in [-0.1, -0.05) is 13.8 Å². The maximum atomic E-state index is 12.4. The van der Waals surface area contributed by atoms with Crippen LogP contribution >= 0.6 is 0 Å². The fourth-order valence-corrected chi connectivity index (χ4v) is 1.92. The summed E-state index contributed by atoms with van der Waals surface area (Å²) in [5.41, 5.74) is 5.70. The van der Waals surface area contributed by atoms with E-state index in [0.29, 0.717) is 0 Å². The number of hydrogen-bond donors (Lipinski definition) is 1. The highest BCUT2D eigenvalue weighted by molar-refractivity contribution is 5.82. The van der Waals surface area contributed by atoms with Gasteiger partial charge in [0.25, 0.3) is 0 Å². The van der Waals surface area contributed by atoms with Gasteiger partial charge in [0.15, 0.2) is 0 Å². The summed E-state index contributed by atoms with van der Waals surface area (Å²) in [5, 5.41) is 0. The van der Waals surface area contributed by atoms with Crippen LogP contribution in [0.4, 0.5) is 13.2 Å². The van der Waals surface area contributed by atoms with Gasteiger partial charge < -0.3 is 10.6 Å². The van der Waals surface area contributed by atoms with Crippen molar-refractivity contribution in [3.05, 3.63) is 0 Å². The van der Waals surface area contributed by atoms with Crippen molar-refractivity contribution in [2.24, 2.45) is 17.6 Å². The fraction of sp³-hybridized carbons (Fsp3) is 0.909. The van der Waals surface area contributed by atoms with Crippen LogP contribution in [-0.4, -0.2) is 36.1 Å². The first kappa shape index (κ1) is 14.3. The lowest BCUT2D eigenvalue weighted by Gasteiger charge is -2.34. The maximum Gasteiger partial charge on any atom is 0.391 e. The number of nitrogens with zero attached hydrogens (tertiary/aromatic N) is 1. The van der Waals surface area contributed by atoms with Crippen LogP contribution in [0.2, 0.25) is 0 Å². The van der Waals surface area contributed by atoms with Crippen LogP contribution < -0.4 is 5.73 Å². The number of alkyl halides is 3. The van der Waals surface area contributed by atoms with E-state index in [9.17, 15) is 18.0 Å². The van der Waals surface area contributed by atoms with Crippen LogP contribution in [-0.2, 0) is 4.79 Å². The number of likely N-dealkylation sites (tertiary alicyclic amines) is 1. The molecule has 1 atom stereocenters. The van der Waals surface area contributed by atoms with Gasteiger partial charge in [-0.3, -0.25) is 4.79 Å². The molecule has 3 nitrogen and oxygen atoms in total. The summed E-state index contributed by atoms with van der Waals surface area (Å²) in [7, 11) is 0. The monoisotopic (exact) mass is 252 g/mol. The van der Waals surface area contributed by atoms with Crippen LogP contribution in [0.5, 0.6) is 0 Å². The highest BCUT2D eigenvalue weighted by Gasteiger charge is 2.42. The molecular weight excluding hydrogens is 233 g/mol. The number of rotatable bonds is 2. The molecule has 0 aromatic carbocycles. The Labute approximate surface area is 99.1 Å². The summed E-state index contributed by atoms with van der Waals surface area (Å²) in [5.74, 6) is -1.51. The van der Waals surface area contributed by atoms with E-state index in [0.717, 1.165) is 0 Å². The predicted molar refractivity (Wildman–Crippen MR) is 58.2 cm³/mol. The van der Waals surface area contributed by atoms with E-state index in [2.05, 4.69) is 0 Å². The van der Waals surface area contributed by atoms with Crippen LogP contribution in [0.3, 0.4) is 0 Å². The molecule has 100 valence electrons. The molecule has 0 unspecified atom stereocenters. The molecular formula is C11H19F3N2O. The van der Waals surface area contributed by atoms with Gasteiger partial charge in [-0.2, -0.15) is 13.2 Å². The number of carbonyl (C=O) groups is 1. The molecule has 1 aliphatic heterocycles. The minimum absolute atomic E-state index is 0.00263. The van der Waals surface area contributed by atoms with Gasteiger partial charge in [-0.25, -0.2) is 0 Å². The lowest BCUT2D eigenvalue weighted by molar-refractivity contribution is -0.186. The number of piperidine rings is 1. The molecule has 1 amide bonds. The minimum atomic E-state index is -4.14. The number of amides is 1. The van der Waals surface area contributed by atoms with Gasteiger partial charge in [0.05, 0.1) is 12.0 Å². The van der Waals surface area contributed by atoms with Crippen molar-refractivity contribution < 1.29 is 18.0 Å². The van der Waals surface area contributed by atoms with E-state index in [1.165, 1.54) is 4.90 Å². The molecule has 1 rings (SSSR count). The fourth-order valence-electron chi connectivity index (χ4n) is 1.92. The molecule has 1 heterocycles. The molecule has 1 aliphatic rings. The first-order valence-electron chi connectivity index (χ1n) is 5.84. The Balaban J connectivity index is 2.50. The second-order valence-electron chi connectivity index (χ2n) is 4.91. The molecule has 6 heteroatoms. The van der Waals surface area contributed by atoms with Crippen LogP contribution in [0.15, 0.2) is 0 Å². The van der Waals surface area contributed by atoms with Crippen molar-refractivity contribution in [1.29, 1.82) is 0 Å². The minimum Gasteiger partial charge on any atom is -0.341 e. The van der Waals surface area contributed by atoms with Crippen molar-refractivity contribution >= 4 is 5.91 Å². The lowest BCUT2D eigenvalue weighted by atomic mass is 9.95. The Morgan fingerprint density at radius 1 is 1.29 bits per heavy atom. The molecule has 17 heavy (non-hydrogen) atoms. The third-order valence-corrected chi connectivity index (χ3v) is 3.27. The molecule has 2 N–H and O–H groups in total. The molecule has 1 saturated heterocycles. The second kappa shape index (κ2) is 5.25. The number of carbonyl (C=O) groups excluding carboxylic acids is 1. The van der Waals surface area contributed by atoms with Gasteiger partial charge in [-0.05, 0) is 18.8 Å². The van der Waals surface area contributed by atoms with E-state index in [4.69, 9.17) is 5.73 Å². The normalized spacial score (nSPS) is 20.8. The van der Waals surface area contributed by atoms with Gasteiger partial charge in [0, 0.05) is 13.1 Å². The second-order valence-corrected chi connectivity index (χ2v) is 4.91. The lowest BCUT2D eigenvalue weighted by Crippen LogP contribution is -2.50. The Morgan fingerprint density at radius 2 is 1.76 bits per heavy atom. The van der Waals surface area contributed by atoms with Gasteiger partial charge >= 0.3 is 6.18 Å². The molecule has 0 radical (unpaired) electrons. The highest BCUT2D eigenvalue weighted by atomic mass is 19.4. The zero-order valence-corrected chi connectivity index (χ0v) is 10.1. The molecule has 1 fully saturated rings. The van der Waals surface area contributed by atoms with Gasteiger partial charge in [0.1, 0.15) is 0 Å². The smallest absolute Gasteiger partial charge is 0.341 e. The summed E-state index contributed by atoms with van der Waals surface area (Å²) in [4.78, 5) is 13.3. The zero-order chi connectivity index (χ0) is 13.2. The van der Waals surface area contributed by atoms with Crippen molar-refractivity contribution in [3.8, 4) is 0 Å². The van der Waals surface area contributed by atoms with Gasteiger partial charge in [0.2, 0.25) is 5.91 Å². The molecule has 0 bridgehead atoms. The zero-order valence-electron chi connectivity index (χ0n) is 10.1.